The van der Waals surface area contributed by atoms with Crippen molar-refractivity contribution in [2.45, 2.75) is 0 Å². The van der Waals surface area contributed by atoms with Gasteiger partial charge in [0.25, 0.3) is 5.89 Å². The number of hydrogen-bond donors (Lipinski definition) is 1. The zero-order chi connectivity index (χ0) is 12.4. The van der Waals surface area contributed by atoms with Gasteiger partial charge in [-0.05, 0) is 12.1 Å². The van der Waals surface area contributed by atoms with Gasteiger partial charge in [0.2, 0.25) is 5.82 Å². The Morgan fingerprint density at radius 3 is 2.56 bits per heavy atom. The van der Waals surface area contributed by atoms with E-state index in [9.17, 15) is 0 Å². The molecule has 2 aromatic heterocycles. The Hall–Kier alpha value is -2.76. The van der Waals surface area contributed by atoms with E-state index in [4.69, 9.17) is 10.3 Å². The van der Waals surface area contributed by atoms with E-state index in [1.165, 1.54) is 12.4 Å². The second kappa shape index (κ2) is 4.25. The van der Waals surface area contributed by atoms with Gasteiger partial charge in [-0.25, -0.2) is 9.97 Å². The average molecular weight is 239 g/mol. The lowest BCUT2D eigenvalue weighted by Crippen LogP contribution is -1.96. The zero-order valence-electron chi connectivity index (χ0n) is 9.32. The maximum atomic E-state index is 5.71. The van der Waals surface area contributed by atoms with Gasteiger partial charge in [-0.15, -0.1) is 0 Å². The van der Waals surface area contributed by atoms with E-state index in [0.717, 1.165) is 5.56 Å². The van der Waals surface area contributed by atoms with Crippen molar-refractivity contribution in [1.82, 2.24) is 20.1 Å². The highest BCUT2D eigenvalue weighted by Gasteiger charge is 2.13. The molecule has 18 heavy (non-hydrogen) atoms. The molecule has 0 aliphatic rings. The van der Waals surface area contributed by atoms with Gasteiger partial charge in [-0.1, -0.05) is 23.4 Å². The third kappa shape index (κ3) is 1.80. The molecule has 0 fully saturated rings. The smallest absolute Gasteiger partial charge is 0.258 e. The molecule has 0 saturated carbocycles. The summed E-state index contributed by atoms with van der Waals surface area (Å²) in [6.45, 7) is 0. The molecule has 3 aromatic rings. The Balaban J connectivity index is 2.03. The molecule has 2 N–H and O–H groups in total. The Bertz CT molecular complexity index is 665. The van der Waals surface area contributed by atoms with Gasteiger partial charge in [-0.2, -0.15) is 4.98 Å². The largest absolute Gasteiger partial charge is 0.382 e. The number of nitrogens with zero attached hydrogens (tertiary/aromatic N) is 4. The molecular weight excluding hydrogens is 230 g/mol. The van der Waals surface area contributed by atoms with Crippen LogP contribution >= 0.6 is 0 Å². The van der Waals surface area contributed by atoms with E-state index < -0.39 is 0 Å². The van der Waals surface area contributed by atoms with E-state index in [1.807, 2.05) is 30.3 Å². The van der Waals surface area contributed by atoms with Gasteiger partial charge < -0.3 is 10.3 Å². The van der Waals surface area contributed by atoms with Gasteiger partial charge in [-0.3, -0.25) is 0 Å². The lowest BCUT2D eigenvalue weighted by molar-refractivity contribution is 0.432. The molecule has 3 rings (SSSR count). The molecule has 0 radical (unpaired) electrons. The third-order valence-electron chi connectivity index (χ3n) is 2.39. The first-order valence-electron chi connectivity index (χ1n) is 5.30. The van der Waals surface area contributed by atoms with Crippen LogP contribution in [-0.2, 0) is 0 Å². The average Bonchev–Trinajstić information content (AvgIpc) is 2.90. The summed E-state index contributed by atoms with van der Waals surface area (Å²) in [6.07, 6.45) is 3.04. The van der Waals surface area contributed by atoms with Crippen LogP contribution in [0.5, 0.6) is 0 Å². The summed E-state index contributed by atoms with van der Waals surface area (Å²) in [5, 5.41) is 3.86. The highest BCUT2D eigenvalue weighted by Crippen LogP contribution is 2.22. The Labute approximate surface area is 103 Å². The van der Waals surface area contributed by atoms with Crippen LogP contribution in [-0.4, -0.2) is 20.1 Å². The minimum atomic E-state index is 0.276. The van der Waals surface area contributed by atoms with Gasteiger partial charge >= 0.3 is 0 Å². The molecule has 88 valence electrons. The number of nitrogens with two attached hydrogens (primary N) is 1. The van der Waals surface area contributed by atoms with Crippen LogP contribution in [0.1, 0.15) is 0 Å². The predicted octanol–water partition coefficient (Wildman–Crippen LogP) is 1.78. The van der Waals surface area contributed by atoms with Crippen LogP contribution in [0.25, 0.3) is 23.0 Å². The lowest BCUT2D eigenvalue weighted by Gasteiger charge is -1.95. The normalized spacial score (nSPS) is 10.4. The number of anilines is 1. The molecule has 6 nitrogen and oxygen atoms in total. The van der Waals surface area contributed by atoms with Crippen LogP contribution < -0.4 is 5.73 Å². The van der Waals surface area contributed by atoms with E-state index in [-0.39, 0.29) is 5.82 Å². The SMILES string of the molecule is Nc1nccnc1-c1noc(-c2ccccc2)n1. The summed E-state index contributed by atoms with van der Waals surface area (Å²) in [6, 6.07) is 9.49. The fourth-order valence-corrected chi connectivity index (χ4v) is 1.54. The third-order valence-corrected chi connectivity index (χ3v) is 2.39. The second-order valence-electron chi connectivity index (χ2n) is 3.58. The number of aromatic nitrogens is 4. The van der Waals surface area contributed by atoms with Crippen molar-refractivity contribution in [2.24, 2.45) is 0 Å². The molecule has 0 aliphatic carbocycles. The second-order valence-corrected chi connectivity index (χ2v) is 3.58. The van der Waals surface area contributed by atoms with Gasteiger partial charge in [0.05, 0.1) is 0 Å². The Morgan fingerprint density at radius 2 is 1.78 bits per heavy atom. The summed E-state index contributed by atoms with van der Waals surface area (Å²) in [4.78, 5) is 12.3. The van der Waals surface area contributed by atoms with Crippen molar-refractivity contribution in [2.75, 3.05) is 5.73 Å². The summed E-state index contributed by atoms with van der Waals surface area (Å²) in [5.74, 6) is 1.04. The van der Waals surface area contributed by atoms with Gasteiger partial charge in [0.1, 0.15) is 0 Å². The zero-order valence-corrected chi connectivity index (χ0v) is 9.32. The van der Waals surface area contributed by atoms with Gasteiger partial charge in [0, 0.05) is 18.0 Å². The fraction of sp³-hybridized carbons (Fsp3) is 0. The number of benzene rings is 1. The van der Waals surface area contributed by atoms with Crippen molar-refractivity contribution in [1.29, 1.82) is 0 Å². The lowest BCUT2D eigenvalue weighted by atomic mass is 10.2. The van der Waals surface area contributed by atoms with Crippen LogP contribution in [0.15, 0.2) is 47.2 Å². The Morgan fingerprint density at radius 1 is 1.00 bits per heavy atom. The van der Waals surface area contributed by atoms with Crippen molar-refractivity contribution < 1.29 is 4.52 Å². The molecule has 0 aliphatic heterocycles. The van der Waals surface area contributed by atoms with E-state index in [2.05, 4.69) is 20.1 Å². The molecule has 0 saturated heterocycles. The minimum absolute atomic E-state index is 0.276. The quantitative estimate of drug-likeness (QED) is 0.732. The van der Waals surface area contributed by atoms with Gasteiger partial charge in [0.15, 0.2) is 11.5 Å². The van der Waals surface area contributed by atoms with E-state index in [0.29, 0.717) is 17.4 Å². The summed E-state index contributed by atoms with van der Waals surface area (Å²) >= 11 is 0. The van der Waals surface area contributed by atoms with E-state index in [1.54, 1.807) is 0 Å². The molecule has 0 atom stereocenters. The standard InChI is InChI=1S/C12H9N5O/c13-10-9(14-6-7-15-10)11-16-12(18-17-11)8-4-2-1-3-5-8/h1-7H,(H2,13,15). The fourth-order valence-electron chi connectivity index (χ4n) is 1.54. The molecule has 0 unspecified atom stereocenters. The molecule has 2 heterocycles. The number of rotatable bonds is 2. The first kappa shape index (κ1) is 10.4. The summed E-state index contributed by atoms with van der Waals surface area (Å²) in [5.41, 5.74) is 6.97. The first-order valence-corrected chi connectivity index (χ1v) is 5.30. The molecule has 6 heteroatoms. The molecule has 0 amide bonds. The summed E-state index contributed by atoms with van der Waals surface area (Å²) < 4.78 is 5.18. The monoisotopic (exact) mass is 239 g/mol. The van der Waals surface area contributed by atoms with Crippen molar-refractivity contribution >= 4 is 5.82 Å². The number of nitrogen functional groups attached to an aromatic ring is 1. The Kier molecular flexibility index (Phi) is 2.45. The van der Waals surface area contributed by atoms with Crippen molar-refractivity contribution in [3.05, 3.63) is 42.7 Å². The van der Waals surface area contributed by atoms with Crippen LogP contribution in [0.3, 0.4) is 0 Å². The van der Waals surface area contributed by atoms with E-state index >= 15 is 0 Å². The predicted molar refractivity (Wildman–Crippen MR) is 65.2 cm³/mol. The summed E-state index contributed by atoms with van der Waals surface area (Å²) in [7, 11) is 0. The maximum absolute atomic E-state index is 5.71. The maximum Gasteiger partial charge on any atom is 0.258 e. The minimum Gasteiger partial charge on any atom is -0.382 e. The molecule has 0 spiro atoms. The van der Waals surface area contributed by atoms with Crippen LogP contribution in [0.4, 0.5) is 5.82 Å². The van der Waals surface area contributed by atoms with Crippen LogP contribution in [0.2, 0.25) is 0 Å². The van der Waals surface area contributed by atoms with Crippen molar-refractivity contribution in [3.8, 4) is 23.0 Å². The highest BCUT2D eigenvalue weighted by atomic mass is 16.5. The highest BCUT2D eigenvalue weighted by molar-refractivity contribution is 5.64. The van der Waals surface area contributed by atoms with Crippen LogP contribution in [0, 0.1) is 0 Å². The topological polar surface area (TPSA) is 90.7 Å². The molecule has 0 bridgehead atoms. The first-order chi connectivity index (χ1) is 8.84. The van der Waals surface area contributed by atoms with Crippen molar-refractivity contribution in [3.63, 3.8) is 0 Å². The molecule has 1 aromatic carbocycles. The number of hydrogen-bond acceptors (Lipinski definition) is 6. The molecular formula is C12H9N5O.